The number of carbonyl (C=O) groups excluding carboxylic acids is 1. The van der Waals surface area contributed by atoms with Gasteiger partial charge in [0.2, 0.25) is 5.91 Å². The van der Waals surface area contributed by atoms with Crippen LogP contribution in [0.3, 0.4) is 0 Å². The van der Waals surface area contributed by atoms with Gasteiger partial charge < -0.3 is 9.73 Å². The van der Waals surface area contributed by atoms with Crippen molar-refractivity contribution < 1.29 is 9.21 Å². The van der Waals surface area contributed by atoms with Crippen molar-refractivity contribution in [3.63, 3.8) is 0 Å². The van der Waals surface area contributed by atoms with E-state index in [1.165, 1.54) is 23.1 Å². The Labute approximate surface area is 166 Å². The molecule has 0 fully saturated rings. The fraction of sp³-hybridized carbons (Fsp3) is 0.421. The first-order valence-electron chi connectivity index (χ1n) is 8.93. The molecule has 8 heteroatoms. The minimum absolute atomic E-state index is 0.00575. The molecule has 0 radical (unpaired) electrons. The lowest BCUT2D eigenvalue weighted by atomic mass is 10.2. The van der Waals surface area contributed by atoms with Gasteiger partial charge in [-0.05, 0) is 38.0 Å². The summed E-state index contributed by atoms with van der Waals surface area (Å²) in [6.45, 7) is 7.03. The van der Waals surface area contributed by atoms with Gasteiger partial charge in [-0.3, -0.25) is 14.2 Å². The molecule has 0 spiro atoms. The lowest BCUT2D eigenvalue weighted by molar-refractivity contribution is -0.118. The van der Waals surface area contributed by atoms with E-state index in [2.05, 4.69) is 12.2 Å². The molecule has 3 aromatic rings. The van der Waals surface area contributed by atoms with Crippen molar-refractivity contribution in [2.75, 3.05) is 5.75 Å². The number of amides is 1. The van der Waals surface area contributed by atoms with Crippen LogP contribution >= 0.6 is 23.1 Å². The molecule has 3 aromatic heterocycles. The summed E-state index contributed by atoms with van der Waals surface area (Å²) in [6.07, 6.45) is 3.46. The maximum Gasteiger partial charge on any atom is 0.263 e. The first kappa shape index (κ1) is 19.7. The molecule has 1 amide bonds. The molecule has 144 valence electrons. The van der Waals surface area contributed by atoms with E-state index in [0.717, 1.165) is 28.1 Å². The molecule has 0 unspecified atom stereocenters. The number of fused-ring (bicyclic) bond motifs is 1. The zero-order valence-corrected chi connectivity index (χ0v) is 17.3. The summed E-state index contributed by atoms with van der Waals surface area (Å²) in [5.41, 5.74) is 0.999. The van der Waals surface area contributed by atoms with Crippen molar-refractivity contribution in [1.82, 2.24) is 14.9 Å². The third kappa shape index (κ3) is 4.44. The summed E-state index contributed by atoms with van der Waals surface area (Å²) in [5.74, 6) is 0.789. The average molecular weight is 406 g/mol. The van der Waals surface area contributed by atoms with Crippen molar-refractivity contribution in [2.24, 2.45) is 0 Å². The summed E-state index contributed by atoms with van der Waals surface area (Å²) in [6, 6.07) is 3.60. The van der Waals surface area contributed by atoms with Gasteiger partial charge in [-0.2, -0.15) is 0 Å². The molecule has 1 N–H and O–H groups in total. The predicted octanol–water partition coefficient (Wildman–Crippen LogP) is 3.88. The van der Waals surface area contributed by atoms with Gasteiger partial charge in [0.25, 0.3) is 5.56 Å². The Bertz CT molecular complexity index is 990. The number of hydrogen-bond acceptors (Lipinski definition) is 6. The highest BCUT2D eigenvalue weighted by molar-refractivity contribution is 7.99. The molecule has 0 atom stereocenters. The Morgan fingerprint density at radius 1 is 1.41 bits per heavy atom. The smallest absolute Gasteiger partial charge is 0.263 e. The topological polar surface area (TPSA) is 77.1 Å². The predicted molar refractivity (Wildman–Crippen MR) is 110 cm³/mol. The number of nitrogens with one attached hydrogen (secondary N) is 1. The van der Waals surface area contributed by atoms with Crippen molar-refractivity contribution in [2.45, 2.75) is 51.9 Å². The van der Waals surface area contributed by atoms with Crippen molar-refractivity contribution >= 4 is 39.2 Å². The van der Waals surface area contributed by atoms with E-state index in [0.29, 0.717) is 29.4 Å². The normalized spacial score (nSPS) is 11.2. The van der Waals surface area contributed by atoms with Crippen molar-refractivity contribution in [1.29, 1.82) is 0 Å². The number of unbranched alkanes of at least 4 members (excludes halogenated alkanes) is 1. The van der Waals surface area contributed by atoms with E-state index in [-0.39, 0.29) is 17.2 Å². The fourth-order valence-electron chi connectivity index (χ4n) is 2.71. The number of rotatable bonds is 8. The van der Waals surface area contributed by atoms with Crippen LogP contribution in [0.5, 0.6) is 0 Å². The summed E-state index contributed by atoms with van der Waals surface area (Å²) < 4.78 is 6.93. The fourth-order valence-corrected chi connectivity index (χ4v) is 4.64. The van der Waals surface area contributed by atoms with Crippen LogP contribution in [0.2, 0.25) is 0 Å². The summed E-state index contributed by atoms with van der Waals surface area (Å²) in [5, 5.41) is 4.13. The van der Waals surface area contributed by atoms with E-state index in [1.54, 1.807) is 16.9 Å². The van der Waals surface area contributed by atoms with Gasteiger partial charge in [-0.1, -0.05) is 25.1 Å². The highest BCUT2D eigenvalue weighted by Gasteiger charge is 2.17. The van der Waals surface area contributed by atoms with Crippen molar-refractivity contribution in [3.8, 4) is 0 Å². The summed E-state index contributed by atoms with van der Waals surface area (Å²) >= 11 is 2.83. The Kier molecular flexibility index (Phi) is 6.38. The quantitative estimate of drug-likeness (QED) is 0.455. The molecular weight excluding hydrogens is 382 g/mol. The average Bonchev–Trinajstić information content (AvgIpc) is 3.26. The maximum atomic E-state index is 13.0. The molecule has 0 aliphatic heterocycles. The second-order valence-electron chi connectivity index (χ2n) is 6.31. The van der Waals surface area contributed by atoms with E-state index in [1.807, 2.05) is 19.9 Å². The Balaban J connectivity index is 1.79. The van der Waals surface area contributed by atoms with Crippen LogP contribution in [0, 0.1) is 13.8 Å². The van der Waals surface area contributed by atoms with E-state index in [4.69, 9.17) is 9.40 Å². The molecule has 0 aliphatic rings. The Morgan fingerprint density at radius 2 is 2.22 bits per heavy atom. The molecule has 3 rings (SSSR count). The number of aromatic nitrogens is 2. The number of thiophene rings is 1. The zero-order chi connectivity index (χ0) is 19.4. The van der Waals surface area contributed by atoms with Crippen LogP contribution in [0.15, 0.2) is 32.8 Å². The third-order valence-electron chi connectivity index (χ3n) is 4.36. The van der Waals surface area contributed by atoms with Crippen LogP contribution in [-0.2, 0) is 17.9 Å². The molecule has 0 bridgehead atoms. The van der Waals surface area contributed by atoms with Gasteiger partial charge >= 0.3 is 0 Å². The number of furan rings is 1. The van der Waals surface area contributed by atoms with Crippen LogP contribution in [0.4, 0.5) is 0 Å². The van der Waals surface area contributed by atoms with Gasteiger partial charge in [0.05, 0.1) is 23.9 Å². The van der Waals surface area contributed by atoms with Gasteiger partial charge in [0.15, 0.2) is 5.16 Å². The molecule has 0 saturated carbocycles. The molecule has 6 nitrogen and oxygen atoms in total. The van der Waals surface area contributed by atoms with Gasteiger partial charge in [-0.15, -0.1) is 11.3 Å². The number of carbonyl (C=O) groups is 1. The highest BCUT2D eigenvalue weighted by Crippen LogP contribution is 2.28. The lowest BCUT2D eigenvalue weighted by Crippen LogP contribution is -2.26. The summed E-state index contributed by atoms with van der Waals surface area (Å²) in [7, 11) is 0. The lowest BCUT2D eigenvalue weighted by Gasteiger charge is -2.11. The maximum absolute atomic E-state index is 13.0. The zero-order valence-electron chi connectivity index (χ0n) is 15.7. The SMILES string of the molecule is CCCCn1c(SCC(=O)NCc2ccco2)nc2sc(C)c(C)c2c1=O. The molecule has 0 saturated heterocycles. The van der Waals surface area contributed by atoms with Crippen LogP contribution in [-0.4, -0.2) is 21.2 Å². The second kappa shape index (κ2) is 8.75. The van der Waals surface area contributed by atoms with E-state index >= 15 is 0 Å². The highest BCUT2D eigenvalue weighted by atomic mass is 32.2. The molecular formula is C19H23N3O3S2. The molecule has 0 aliphatic carbocycles. The number of nitrogens with zero attached hydrogens (tertiary/aromatic N) is 2. The molecule has 27 heavy (non-hydrogen) atoms. The summed E-state index contributed by atoms with van der Waals surface area (Å²) in [4.78, 5) is 31.7. The number of aryl methyl sites for hydroxylation is 2. The first-order chi connectivity index (χ1) is 13.0. The Hall–Kier alpha value is -2.06. The third-order valence-corrected chi connectivity index (χ3v) is 6.44. The van der Waals surface area contributed by atoms with Crippen LogP contribution < -0.4 is 10.9 Å². The van der Waals surface area contributed by atoms with Crippen molar-refractivity contribution in [3.05, 3.63) is 45.0 Å². The van der Waals surface area contributed by atoms with Crippen LogP contribution in [0.25, 0.3) is 10.2 Å². The van der Waals surface area contributed by atoms with Crippen LogP contribution in [0.1, 0.15) is 36.0 Å². The molecule has 0 aromatic carbocycles. The Morgan fingerprint density at radius 3 is 2.93 bits per heavy atom. The molecule has 3 heterocycles. The first-order valence-corrected chi connectivity index (χ1v) is 10.7. The van der Waals surface area contributed by atoms with E-state index < -0.39 is 0 Å². The monoisotopic (exact) mass is 405 g/mol. The van der Waals surface area contributed by atoms with Gasteiger partial charge in [-0.25, -0.2) is 4.98 Å². The minimum atomic E-state index is -0.119. The van der Waals surface area contributed by atoms with Gasteiger partial charge in [0, 0.05) is 11.4 Å². The standard InChI is InChI=1S/C19H23N3O3S2/c1-4-5-8-22-18(24)16-12(2)13(3)27-17(16)21-19(22)26-11-15(23)20-10-14-7-6-9-25-14/h6-7,9H,4-5,8,10-11H2,1-3H3,(H,20,23). The largest absolute Gasteiger partial charge is 0.467 e. The van der Waals surface area contributed by atoms with E-state index in [9.17, 15) is 9.59 Å². The minimum Gasteiger partial charge on any atom is -0.467 e. The number of thioether (sulfide) groups is 1. The van der Waals surface area contributed by atoms with Gasteiger partial charge in [0.1, 0.15) is 10.6 Å². The second-order valence-corrected chi connectivity index (χ2v) is 8.46. The number of hydrogen-bond donors (Lipinski definition) is 1.